The molecule has 0 spiro atoms. The van der Waals surface area contributed by atoms with E-state index in [4.69, 9.17) is 0 Å². The van der Waals surface area contributed by atoms with Crippen LogP contribution in [-0.4, -0.2) is 41.0 Å². The molecule has 0 saturated carbocycles. The van der Waals surface area contributed by atoms with Crippen molar-refractivity contribution >= 4 is 27.2 Å². The van der Waals surface area contributed by atoms with E-state index >= 15 is 0 Å². The molecular weight excluding hydrogens is 360 g/mol. The number of amides is 2. The summed E-state index contributed by atoms with van der Waals surface area (Å²) in [6.07, 6.45) is 2.46. The van der Waals surface area contributed by atoms with Crippen LogP contribution in [0.1, 0.15) is 20.8 Å². The van der Waals surface area contributed by atoms with Crippen molar-refractivity contribution < 1.29 is 23.1 Å². The van der Waals surface area contributed by atoms with Gasteiger partial charge in [0.2, 0.25) is 15.0 Å². The summed E-state index contributed by atoms with van der Waals surface area (Å²) in [5, 5.41) is 9.10. The van der Waals surface area contributed by atoms with Crippen molar-refractivity contribution in [2.24, 2.45) is 0 Å². The Morgan fingerprint density at radius 2 is 1.81 bits per heavy atom. The van der Waals surface area contributed by atoms with E-state index in [-0.39, 0.29) is 27.7 Å². The van der Waals surface area contributed by atoms with Gasteiger partial charge in [-0.3, -0.25) is 24.8 Å². The molecule has 3 rings (SSSR count). The van der Waals surface area contributed by atoms with Gasteiger partial charge in [0.25, 0.3) is 11.8 Å². The summed E-state index contributed by atoms with van der Waals surface area (Å²) in [4.78, 5) is 28.3. The number of benzene rings is 1. The first-order valence-corrected chi connectivity index (χ1v) is 9.23. The average molecular weight is 374 g/mol. The Morgan fingerprint density at radius 1 is 1.08 bits per heavy atom. The Labute approximate surface area is 148 Å². The number of sulfone groups is 1. The van der Waals surface area contributed by atoms with Crippen LogP contribution in [0.2, 0.25) is 0 Å². The second kappa shape index (κ2) is 6.48. The molecule has 0 aliphatic rings. The van der Waals surface area contributed by atoms with Gasteiger partial charge in [-0.2, -0.15) is 0 Å². The number of carbonyl (C=O) groups is 2. The number of hydrogen-bond acceptors (Lipinski definition) is 6. The number of pyridine rings is 1. The number of aromatic hydroxyl groups is 1. The molecule has 10 heteroatoms. The number of carbonyl (C=O) groups excluding carboxylic acids is 2. The van der Waals surface area contributed by atoms with Gasteiger partial charge in [-0.25, -0.2) is 13.4 Å². The SMILES string of the molecule is CS(=O)(=O)c1nc(C(=O)NNC(=O)c2cccc(O)c2)c2ccccn12. The number of phenols is 1. The number of phenolic OH excluding ortho intramolecular Hbond substituents is 1. The lowest BCUT2D eigenvalue weighted by molar-refractivity contribution is 0.0845. The van der Waals surface area contributed by atoms with Crippen LogP contribution in [-0.2, 0) is 9.84 Å². The van der Waals surface area contributed by atoms with Crippen molar-refractivity contribution in [1.29, 1.82) is 0 Å². The number of hydrazine groups is 1. The lowest BCUT2D eigenvalue weighted by Gasteiger charge is -2.06. The van der Waals surface area contributed by atoms with Gasteiger partial charge in [0.05, 0.1) is 5.52 Å². The van der Waals surface area contributed by atoms with Crippen molar-refractivity contribution in [2.75, 3.05) is 6.26 Å². The van der Waals surface area contributed by atoms with E-state index in [9.17, 15) is 23.1 Å². The molecule has 0 fully saturated rings. The molecule has 2 amide bonds. The molecule has 0 saturated heterocycles. The number of nitrogens with zero attached hydrogens (tertiary/aromatic N) is 2. The highest BCUT2D eigenvalue weighted by atomic mass is 32.2. The largest absolute Gasteiger partial charge is 0.508 e. The first-order valence-electron chi connectivity index (χ1n) is 7.34. The molecule has 3 aromatic rings. The fraction of sp³-hybridized carbons (Fsp3) is 0.0625. The lowest BCUT2D eigenvalue weighted by Crippen LogP contribution is -2.41. The lowest BCUT2D eigenvalue weighted by atomic mass is 10.2. The molecule has 1 aromatic carbocycles. The number of hydrogen-bond donors (Lipinski definition) is 3. The summed E-state index contributed by atoms with van der Waals surface area (Å²) in [5.41, 5.74) is 4.63. The highest BCUT2D eigenvalue weighted by Gasteiger charge is 2.23. The maximum Gasteiger partial charge on any atom is 0.290 e. The smallest absolute Gasteiger partial charge is 0.290 e. The number of imidazole rings is 1. The van der Waals surface area contributed by atoms with Crippen LogP contribution in [0.4, 0.5) is 0 Å². The minimum Gasteiger partial charge on any atom is -0.508 e. The van der Waals surface area contributed by atoms with Crippen molar-refractivity contribution in [3.63, 3.8) is 0 Å². The van der Waals surface area contributed by atoms with Crippen LogP contribution < -0.4 is 10.9 Å². The van der Waals surface area contributed by atoms with Gasteiger partial charge in [0.15, 0.2) is 5.69 Å². The zero-order valence-electron chi connectivity index (χ0n) is 13.5. The van der Waals surface area contributed by atoms with Crippen LogP contribution in [0.25, 0.3) is 5.52 Å². The topological polar surface area (TPSA) is 130 Å². The Bertz CT molecular complexity index is 1120. The quantitative estimate of drug-likeness (QED) is 0.573. The van der Waals surface area contributed by atoms with E-state index in [0.717, 1.165) is 6.26 Å². The predicted octanol–water partition coefficient (Wildman–Crippen LogP) is 0.518. The maximum absolute atomic E-state index is 12.4. The number of rotatable bonds is 3. The van der Waals surface area contributed by atoms with Crippen LogP contribution in [0, 0.1) is 0 Å². The van der Waals surface area contributed by atoms with Crippen molar-refractivity contribution in [2.45, 2.75) is 5.16 Å². The van der Waals surface area contributed by atoms with Gasteiger partial charge in [0.1, 0.15) is 5.75 Å². The summed E-state index contributed by atoms with van der Waals surface area (Å²) in [5.74, 6) is -1.53. The molecule has 0 radical (unpaired) electrons. The predicted molar refractivity (Wildman–Crippen MR) is 91.3 cm³/mol. The van der Waals surface area contributed by atoms with E-state index in [1.54, 1.807) is 12.1 Å². The molecule has 0 bridgehead atoms. The molecule has 0 unspecified atom stereocenters. The Balaban J connectivity index is 1.86. The maximum atomic E-state index is 12.4. The van der Waals surface area contributed by atoms with Gasteiger partial charge in [-0.05, 0) is 30.3 Å². The Kier molecular flexibility index (Phi) is 4.34. The van der Waals surface area contributed by atoms with E-state index in [0.29, 0.717) is 0 Å². The Morgan fingerprint density at radius 3 is 2.50 bits per heavy atom. The Hall–Kier alpha value is -3.40. The summed E-state index contributed by atoms with van der Waals surface area (Å²) in [6.45, 7) is 0. The fourth-order valence-electron chi connectivity index (χ4n) is 2.33. The zero-order chi connectivity index (χ0) is 18.9. The zero-order valence-corrected chi connectivity index (χ0v) is 14.3. The van der Waals surface area contributed by atoms with E-state index in [1.165, 1.54) is 40.9 Å². The van der Waals surface area contributed by atoms with Crippen LogP contribution in [0.15, 0.2) is 53.8 Å². The second-order valence-electron chi connectivity index (χ2n) is 5.43. The molecule has 2 aromatic heterocycles. The van der Waals surface area contributed by atoms with Crippen LogP contribution in [0.3, 0.4) is 0 Å². The molecule has 3 N–H and O–H groups in total. The van der Waals surface area contributed by atoms with Crippen molar-refractivity contribution in [3.8, 4) is 5.75 Å². The highest BCUT2D eigenvalue weighted by molar-refractivity contribution is 7.90. The molecule has 0 atom stereocenters. The van der Waals surface area contributed by atoms with E-state index in [1.807, 2.05) is 0 Å². The van der Waals surface area contributed by atoms with Gasteiger partial charge < -0.3 is 5.11 Å². The van der Waals surface area contributed by atoms with E-state index in [2.05, 4.69) is 15.8 Å². The molecular formula is C16H14N4O5S. The normalized spacial score (nSPS) is 11.3. The summed E-state index contributed by atoms with van der Waals surface area (Å²) in [6, 6.07) is 10.3. The molecule has 0 aliphatic heterocycles. The highest BCUT2D eigenvalue weighted by Crippen LogP contribution is 2.16. The minimum atomic E-state index is -3.66. The van der Waals surface area contributed by atoms with Crippen LogP contribution >= 0.6 is 0 Å². The minimum absolute atomic E-state index is 0.0955. The fourth-order valence-corrected chi connectivity index (χ4v) is 3.10. The van der Waals surface area contributed by atoms with Gasteiger partial charge in [0, 0.05) is 18.0 Å². The number of nitrogens with one attached hydrogen (secondary N) is 2. The average Bonchev–Trinajstić information content (AvgIpc) is 2.99. The van der Waals surface area contributed by atoms with Crippen LogP contribution in [0.5, 0.6) is 5.75 Å². The standard InChI is InChI=1S/C16H14N4O5S/c1-26(24,25)16-17-13(12-7-2-3-8-20(12)16)15(23)19-18-14(22)10-5-4-6-11(21)9-10/h2-9,21H,1H3,(H,18,22)(H,19,23). The number of aromatic nitrogens is 2. The van der Waals surface area contributed by atoms with Gasteiger partial charge in [-0.15, -0.1) is 0 Å². The van der Waals surface area contributed by atoms with Gasteiger partial charge in [-0.1, -0.05) is 12.1 Å². The summed E-state index contributed by atoms with van der Waals surface area (Å²) in [7, 11) is -3.66. The monoisotopic (exact) mass is 374 g/mol. The molecule has 134 valence electrons. The molecule has 9 nitrogen and oxygen atoms in total. The van der Waals surface area contributed by atoms with E-state index < -0.39 is 21.7 Å². The third-order valence-corrected chi connectivity index (χ3v) is 4.41. The third-order valence-electron chi connectivity index (χ3n) is 3.46. The second-order valence-corrected chi connectivity index (χ2v) is 7.34. The first-order chi connectivity index (χ1) is 12.3. The molecule has 0 aliphatic carbocycles. The molecule has 2 heterocycles. The summed E-state index contributed by atoms with van der Waals surface area (Å²) >= 11 is 0. The van der Waals surface area contributed by atoms with Gasteiger partial charge >= 0.3 is 0 Å². The number of fused-ring (bicyclic) bond motifs is 1. The van der Waals surface area contributed by atoms with Crippen molar-refractivity contribution in [1.82, 2.24) is 20.2 Å². The third kappa shape index (κ3) is 3.35. The summed E-state index contributed by atoms with van der Waals surface area (Å²) < 4.78 is 25.0. The first kappa shape index (κ1) is 17.4. The molecule has 26 heavy (non-hydrogen) atoms. The van der Waals surface area contributed by atoms with Crippen molar-refractivity contribution in [3.05, 3.63) is 59.9 Å².